The summed E-state index contributed by atoms with van der Waals surface area (Å²) in [7, 11) is -6.88. The van der Waals surface area contributed by atoms with Gasteiger partial charge in [-0.05, 0) is 18.1 Å². The highest BCUT2D eigenvalue weighted by Crippen LogP contribution is 2.29. The lowest BCUT2D eigenvalue weighted by atomic mass is 10.2. The van der Waals surface area contributed by atoms with Gasteiger partial charge in [-0.2, -0.15) is 0 Å². The van der Waals surface area contributed by atoms with E-state index < -0.39 is 25.1 Å². The summed E-state index contributed by atoms with van der Waals surface area (Å²) >= 11 is 0. The molecule has 0 saturated carbocycles. The second-order valence-corrected chi connectivity index (χ2v) is 9.81. The predicted octanol–water partition coefficient (Wildman–Crippen LogP) is 0.113. The summed E-state index contributed by atoms with van der Waals surface area (Å²) in [5, 5.41) is 2.36. The summed E-state index contributed by atoms with van der Waals surface area (Å²) in [5.41, 5.74) is 1.58. The molecule has 3 rings (SSSR count). The van der Waals surface area contributed by atoms with Crippen molar-refractivity contribution in [3.63, 3.8) is 0 Å². The van der Waals surface area contributed by atoms with Gasteiger partial charge in [0.05, 0.1) is 22.4 Å². The van der Waals surface area contributed by atoms with Gasteiger partial charge in [-0.3, -0.25) is 4.31 Å². The van der Waals surface area contributed by atoms with E-state index >= 15 is 0 Å². The number of sulfone groups is 1. The number of anilines is 1. The molecule has 116 valence electrons. The molecular weight excluding hydrogens is 312 g/mol. The first-order valence-corrected chi connectivity index (χ1v) is 10.2. The third-order valence-electron chi connectivity index (χ3n) is 3.99. The maximum atomic E-state index is 12.8. The van der Waals surface area contributed by atoms with Gasteiger partial charge in [0.15, 0.2) is 9.84 Å². The fourth-order valence-electron chi connectivity index (χ4n) is 2.87. The number of para-hydroxylation sites is 1. The van der Waals surface area contributed by atoms with Gasteiger partial charge in [-0.15, -0.1) is 0 Å². The van der Waals surface area contributed by atoms with Crippen LogP contribution in [0.15, 0.2) is 24.3 Å². The first-order valence-electron chi connectivity index (χ1n) is 6.91. The second-order valence-electron chi connectivity index (χ2n) is 5.45. The lowest BCUT2D eigenvalue weighted by molar-refractivity contribution is 0.576. The van der Waals surface area contributed by atoms with Crippen molar-refractivity contribution in [1.29, 1.82) is 0 Å². The maximum Gasteiger partial charge on any atom is 0.239 e. The Bertz CT molecular complexity index is 743. The highest BCUT2D eigenvalue weighted by molar-refractivity contribution is 7.97. The molecule has 2 aliphatic heterocycles. The van der Waals surface area contributed by atoms with Crippen LogP contribution in [0.4, 0.5) is 5.69 Å². The fraction of sp³-hybridized carbons (Fsp3) is 0.538. The van der Waals surface area contributed by atoms with Crippen molar-refractivity contribution < 1.29 is 16.8 Å². The van der Waals surface area contributed by atoms with Gasteiger partial charge in [0.25, 0.3) is 0 Å². The summed E-state index contributed by atoms with van der Waals surface area (Å²) in [4.78, 5) is 0. The number of hydrogen-bond donors (Lipinski definition) is 1. The number of hydrogen-bond acceptors (Lipinski definition) is 5. The zero-order valence-corrected chi connectivity index (χ0v) is 13.2. The number of nitrogens with zero attached hydrogens (tertiary/aromatic N) is 1. The van der Waals surface area contributed by atoms with E-state index in [9.17, 15) is 16.8 Å². The molecule has 1 saturated heterocycles. The monoisotopic (exact) mass is 330 g/mol. The Morgan fingerprint density at radius 3 is 2.71 bits per heavy atom. The lowest BCUT2D eigenvalue weighted by Gasteiger charge is -2.26. The van der Waals surface area contributed by atoms with Crippen LogP contribution >= 0.6 is 0 Å². The van der Waals surface area contributed by atoms with Crippen LogP contribution in [0.2, 0.25) is 0 Å². The molecular formula is C13H18N2O4S2. The molecule has 0 spiro atoms. The molecule has 1 unspecified atom stereocenters. The molecule has 2 heterocycles. The minimum absolute atomic E-state index is 0.0371. The van der Waals surface area contributed by atoms with E-state index in [-0.39, 0.29) is 17.9 Å². The summed E-state index contributed by atoms with van der Waals surface area (Å²) in [6.45, 7) is 1.49. The van der Waals surface area contributed by atoms with E-state index in [0.717, 1.165) is 5.56 Å². The summed E-state index contributed by atoms with van der Waals surface area (Å²) in [5.74, 6) is -0.300. The molecule has 1 fully saturated rings. The Hall–Kier alpha value is -1.12. The van der Waals surface area contributed by atoms with Gasteiger partial charge >= 0.3 is 0 Å². The van der Waals surface area contributed by atoms with Gasteiger partial charge in [0.2, 0.25) is 10.0 Å². The SMILES string of the molecule is O=S1(=O)CCC(S(=O)(=O)N2CCNCc3ccccc32)C1. The van der Waals surface area contributed by atoms with Crippen LogP contribution in [0.1, 0.15) is 12.0 Å². The van der Waals surface area contributed by atoms with Crippen LogP contribution in [-0.2, 0) is 26.4 Å². The Kier molecular flexibility index (Phi) is 3.71. The van der Waals surface area contributed by atoms with Crippen molar-refractivity contribution in [3.05, 3.63) is 29.8 Å². The smallest absolute Gasteiger partial charge is 0.239 e. The van der Waals surface area contributed by atoms with Crippen molar-refractivity contribution in [1.82, 2.24) is 5.32 Å². The second kappa shape index (κ2) is 5.26. The average molecular weight is 330 g/mol. The van der Waals surface area contributed by atoms with E-state index in [1.807, 2.05) is 12.1 Å². The van der Waals surface area contributed by atoms with Crippen LogP contribution < -0.4 is 9.62 Å². The van der Waals surface area contributed by atoms with Crippen molar-refractivity contribution in [2.75, 3.05) is 28.9 Å². The summed E-state index contributed by atoms with van der Waals surface area (Å²) in [6.07, 6.45) is 0.191. The highest BCUT2D eigenvalue weighted by atomic mass is 32.2. The molecule has 0 bridgehead atoms. The van der Waals surface area contributed by atoms with Crippen molar-refractivity contribution in [3.8, 4) is 0 Å². The summed E-state index contributed by atoms with van der Waals surface area (Å²) in [6, 6.07) is 7.35. The van der Waals surface area contributed by atoms with E-state index in [1.165, 1.54) is 4.31 Å². The minimum Gasteiger partial charge on any atom is -0.311 e. The first-order chi connectivity index (χ1) is 9.90. The van der Waals surface area contributed by atoms with Crippen LogP contribution in [-0.4, -0.2) is 46.7 Å². The molecule has 0 aromatic heterocycles. The van der Waals surface area contributed by atoms with E-state index in [4.69, 9.17) is 0 Å². The van der Waals surface area contributed by atoms with Crippen molar-refractivity contribution in [2.24, 2.45) is 0 Å². The van der Waals surface area contributed by atoms with Crippen LogP contribution in [0.3, 0.4) is 0 Å². The summed E-state index contributed by atoms with van der Waals surface area (Å²) < 4.78 is 50.2. The molecule has 21 heavy (non-hydrogen) atoms. The normalized spacial score (nSPS) is 25.3. The standard InChI is InChI=1S/C13H18N2O4S2/c16-20(17)8-5-12(10-20)21(18,19)15-7-6-14-9-11-3-1-2-4-13(11)15/h1-4,12,14H,5-10H2. The molecule has 0 amide bonds. The fourth-order valence-corrected chi connectivity index (χ4v) is 7.44. The van der Waals surface area contributed by atoms with Gasteiger partial charge in [0.1, 0.15) is 0 Å². The highest BCUT2D eigenvalue weighted by Gasteiger charge is 2.41. The quantitative estimate of drug-likeness (QED) is 0.832. The molecule has 2 aliphatic rings. The molecule has 0 radical (unpaired) electrons. The van der Waals surface area contributed by atoms with Gasteiger partial charge in [-0.25, -0.2) is 16.8 Å². The van der Waals surface area contributed by atoms with Crippen LogP contribution in [0.5, 0.6) is 0 Å². The zero-order chi connectivity index (χ0) is 15.1. The Balaban J connectivity index is 1.99. The molecule has 1 atom stereocenters. The maximum absolute atomic E-state index is 12.8. The Morgan fingerprint density at radius 1 is 1.24 bits per heavy atom. The van der Waals surface area contributed by atoms with Crippen LogP contribution in [0.25, 0.3) is 0 Å². The average Bonchev–Trinajstić information content (AvgIpc) is 2.69. The lowest BCUT2D eigenvalue weighted by Crippen LogP contribution is -2.41. The minimum atomic E-state index is -3.66. The van der Waals surface area contributed by atoms with Crippen LogP contribution in [0, 0.1) is 0 Å². The van der Waals surface area contributed by atoms with Gasteiger partial charge < -0.3 is 5.32 Å². The predicted molar refractivity (Wildman–Crippen MR) is 81.5 cm³/mol. The van der Waals surface area contributed by atoms with Gasteiger partial charge in [-0.1, -0.05) is 18.2 Å². The number of sulfonamides is 1. The largest absolute Gasteiger partial charge is 0.311 e. The number of nitrogens with one attached hydrogen (secondary N) is 1. The molecule has 8 heteroatoms. The van der Waals surface area contributed by atoms with Crippen molar-refractivity contribution in [2.45, 2.75) is 18.2 Å². The number of rotatable bonds is 2. The van der Waals surface area contributed by atoms with E-state index in [2.05, 4.69) is 5.32 Å². The third kappa shape index (κ3) is 2.79. The topological polar surface area (TPSA) is 83.5 Å². The van der Waals surface area contributed by atoms with Crippen molar-refractivity contribution >= 4 is 25.5 Å². The molecule has 1 N–H and O–H groups in total. The Labute approximate surface area is 125 Å². The Morgan fingerprint density at radius 2 is 2.00 bits per heavy atom. The van der Waals surface area contributed by atoms with Gasteiger partial charge in [0, 0.05) is 19.6 Å². The molecule has 6 nitrogen and oxygen atoms in total. The number of fused-ring (bicyclic) bond motifs is 1. The zero-order valence-electron chi connectivity index (χ0n) is 11.5. The third-order valence-corrected chi connectivity index (χ3v) is 8.20. The molecule has 1 aromatic carbocycles. The molecule has 1 aromatic rings. The molecule has 0 aliphatic carbocycles. The first kappa shape index (κ1) is 14.8. The number of benzene rings is 1. The van der Waals surface area contributed by atoms with E-state index in [0.29, 0.717) is 25.3 Å². The van der Waals surface area contributed by atoms with E-state index in [1.54, 1.807) is 12.1 Å².